The Morgan fingerprint density at radius 1 is 0.903 bits per heavy atom. The summed E-state index contributed by atoms with van der Waals surface area (Å²) in [7, 11) is 0. The smallest absolute Gasteiger partial charge is 0.338 e. The molecule has 1 N–H and O–H groups in total. The Morgan fingerprint density at radius 2 is 1.55 bits per heavy atom. The lowest BCUT2D eigenvalue weighted by Crippen LogP contribution is -2.15. The van der Waals surface area contributed by atoms with Gasteiger partial charge in [0, 0.05) is 28.4 Å². The number of aryl methyl sites for hydroxylation is 1. The number of carbonyl (C=O) groups is 3. The van der Waals surface area contributed by atoms with E-state index < -0.39 is 23.3 Å². The number of rotatable bonds is 7. The molecule has 156 valence electrons. The van der Waals surface area contributed by atoms with Crippen molar-refractivity contribution in [1.29, 1.82) is 0 Å². The number of ether oxygens (including phenoxy) is 1. The highest BCUT2D eigenvalue weighted by Crippen LogP contribution is 2.20. The number of hydrogen-bond acceptors (Lipinski definition) is 6. The molecule has 8 heteroatoms. The molecular formula is C23H18N2O6. The zero-order chi connectivity index (χ0) is 22.4. The number of ketones is 1. The lowest BCUT2D eigenvalue weighted by atomic mass is 10.1. The Bertz CT molecular complexity index is 1140. The van der Waals surface area contributed by atoms with Crippen molar-refractivity contribution in [3.8, 4) is 0 Å². The van der Waals surface area contributed by atoms with Gasteiger partial charge in [-0.05, 0) is 43.3 Å². The van der Waals surface area contributed by atoms with Crippen LogP contribution in [0.5, 0.6) is 0 Å². The normalized spacial score (nSPS) is 10.2. The fourth-order valence-electron chi connectivity index (χ4n) is 2.76. The van der Waals surface area contributed by atoms with Crippen LogP contribution in [0.15, 0.2) is 72.8 Å². The minimum absolute atomic E-state index is 0.0871. The molecule has 0 aliphatic heterocycles. The minimum Gasteiger partial charge on any atom is -0.454 e. The van der Waals surface area contributed by atoms with Crippen LogP contribution in [0.3, 0.4) is 0 Å². The number of nitrogens with one attached hydrogen (secondary N) is 1. The Balaban J connectivity index is 1.58. The van der Waals surface area contributed by atoms with Crippen LogP contribution < -0.4 is 5.32 Å². The van der Waals surface area contributed by atoms with E-state index in [2.05, 4.69) is 5.32 Å². The molecule has 0 bridgehead atoms. The van der Waals surface area contributed by atoms with E-state index in [4.69, 9.17) is 4.74 Å². The summed E-state index contributed by atoms with van der Waals surface area (Å²) in [5.74, 6) is -1.56. The van der Waals surface area contributed by atoms with Crippen molar-refractivity contribution >= 4 is 29.0 Å². The highest BCUT2D eigenvalue weighted by molar-refractivity contribution is 6.04. The average molecular weight is 418 g/mol. The summed E-state index contributed by atoms with van der Waals surface area (Å²) < 4.78 is 5.02. The van der Waals surface area contributed by atoms with Crippen LogP contribution >= 0.6 is 0 Å². The summed E-state index contributed by atoms with van der Waals surface area (Å²) in [4.78, 5) is 47.0. The van der Waals surface area contributed by atoms with Crippen LogP contribution in [-0.4, -0.2) is 29.2 Å². The highest BCUT2D eigenvalue weighted by atomic mass is 16.6. The number of hydrogen-bond donors (Lipinski definition) is 1. The van der Waals surface area contributed by atoms with Gasteiger partial charge < -0.3 is 10.1 Å². The molecule has 8 nitrogen and oxygen atoms in total. The predicted octanol–water partition coefficient (Wildman–Crippen LogP) is 4.20. The van der Waals surface area contributed by atoms with Gasteiger partial charge in [0.05, 0.1) is 10.5 Å². The van der Waals surface area contributed by atoms with Crippen LogP contribution in [0.1, 0.15) is 36.6 Å². The molecule has 0 spiro atoms. The molecule has 3 aromatic rings. The fourth-order valence-corrected chi connectivity index (χ4v) is 2.76. The lowest BCUT2D eigenvalue weighted by molar-refractivity contribution is -0.385. The van der Waals surface area contributed by atoms with Crippen molar-refractivity contribution in [3.63, 3.8) is 0 Å². The molecule has 0 heterocycles. The number of Topliss-reactive ketones (excluding diaryl/α,β-unsaturated/α-hetero) is 1. The molecule has 0 radical (unpaired) electrons. The maximum absolute atomic E-state index is 12.2. The SMILES string of the molecule is Cc1ccc(C(=O)COC(=O)c2ccc(NC(=O)c3ccccc3)cc2)cc1[N+](=O)[O-]. The van der Waals surface area contributed by atoms with Crippen LogP contribution in [0.4, 0.5) is 11.4 Å². The van der Waals surface area contributed by atoms with Crippen LogP contribution in [-0.2, 0) is 4.74 Å². The molecule has 1 amide bonds. The van der Waals surface area contributed by atoms with E-state index in [9.17, 15) is 24.5 Å². The molecule has 0 saturated carbocycles. The van der Waals surface area contributed by atoms with E-state index in [1.54, 1.807) is 43.3 Å². The number of benzene rings is 3. The van der Waals surface area contributed by atoms with E-state index in [-0.39, 0.29) is 22.7 Å². The summed E-state index contributed by atoms with van der Waals surface area (Å²) >= 11 is 0. The highest BCUT2D eigenvalue weighted by Gasteiger charge is 2.17. The Morgan fingerprint density at radius 3 is 2.19 bits per heavy atom. The zero-order valence-corrected chi connectivity index (χ0v) is 16.5. The number of nitro groups is 1. The quantitative estimate of drug-likeness (QED) is 0.266. The number of esters is 1. The predicted molar refractivity (Wildman–Crippen MR) is 113 cm³/mol. The molecule has 0 saturated heterocycles. The van der Waals surface area contributed by atoms with Gasteiger partial charge in [0.15, 0.2) is 6.61 Å². The summed E-state index contributed by atoms with van der Waals surface area (Å²) in [5, 5.41) is 13.7. The number of carbonyl (C=O) groups excluding carboxylic acids is 3. The maximum atomic E-state index is 12.2. The molecule has 0 aromatic heterocycles. The standard InChI is InChI=1S/C23H18N2O6/c1-15-7-8-18(13-20(15)25(29)30)21(26)14-31-23(28)17-9-11-19(12-10-17)24-22(27)16-5-3-2-4-6-16/h2-13H,14H2,1H3,(H,24,27). The molecule has 0 unspecified atom stereocenters. The second-order valence-corrected chi connectivity index (χ2v) is 6.66. The molecule has 0 aliphatic carbocycles. The Hall–Kier alpha value is -4.33. The molecule has 0 fully saturated rings. The first-order valence-corrected chi connectivity index (χ1v) is 9.27. The third kappa shape index (κ3) is 5.39. The first-order chi connectivity index (χ1) is 14.8. The van der Waals surface area contributed by atoms with Gasteiger partial charge in [-0.15, -0.1) is 0 Å². The van der Waals surface area contributed by atoms with Crippen molar-refractivity contribution in [1.82, 2.24) is 0 Å². The summed E-state index contributed by atoms with van der Waals surface area (Å²) in [6, 6.07) is 18.8. The van der Waals surface area contributed by atoms with E-state index in [1.807, 2.05) is 6.07 Å². The van der Waals surface area contributed by atoms with Crippen LogP contribution in [0.2, 0.25) is 0 Å². The second kappa shape index (κ2) is 9.45. The number of nitro benzene ring substituents is 1. The summed E-state index contributed by atoms with van der Waals surface area (Å²) in [6.07, 6.45) is 0. The lowest BCUT2D eigenvalue weighted by Gasteiger charge is -2.07. The van der Waals surface area contributed by atoms with Gasteiger partial charge in [0.25, 0.3) is 11.6 Å². The van der Waals surface area contributed by atoms with E-state index in [1.165, 1.54) is 24.3 Å². The van der Waals surface area contributed by atoms with Crippen molar-refractivity contribution < 1.29 is 24.0 Å². The first-order valence-electron chi connectivity index (χ1n) is 9.27. The van der Waals surface area contributed by atoms with Gasteiger partial charge in [0.2, 0.25) is 5.78 Å². The third-order valence-corrected chi connectivity index (χ3v) is 4.48. The maximum Gasteiger partial charge on any atom is 0.338 e. The monoisotopic (exact) mass is 418 g/mol. The van der Waals surface area contributed by atoms with Crippen molar-refractivity contribution in [2.24, 2.45) is 0 Å². The largest absolute Gasteiger partial charge is 0.454 e. The van der Waals surface area contributed by atoms with Gasteiger partial charge in [-0.1, -0.05) is 30.3 Å². The Labute approximate surface area is 177 Å². The van der Waals surface area contributed by atoms with E-state index >= 15 is 0 Å². The number of amides is 1. The van der Waals surface area contributed by atoms with Crippen molar-refractivity contribution in [2.45, 2.75) is 6.92 Å². The average Bonchev–Trinajstić information content (AvgIpc) is 2.78. The van der Waals surface area contributed by atoms with Gasteiger partial charge in [-0.2, -0.15) is 0 Å². The van der Waals surface area contributed by atoms with Crippen LogP contribution in [0, 0.1) is 17.0 Å². The van der Waals surface area contributed by atoms with E-state index in [0.717, 1.165) is 6.07 Å². The number of nitrogens with zero attached hydrogens (tertiary/aromatic N) is 1. The van der Waals surface area contributed by atoms with E-state index in [0.29, 0.717) is 16.8 Å². The number of anilines is 1. The summed E-state index contributed by atoms with van der Waals surface area (Å²) in [5.41, 5.74) is 1.53. The summed E-state index contributed by atoms with van der Waals surface area (Å²) in [6.45, 7) is 1.02. The van der Waals surface area contributed by atoms with Crippen molar-refractivity contribution in [2.75, 3.05) is 11.9 Å². The molecule has 3 aromatic carbocycles. The molecule has 31 heavy (non-hydrogen) atoms. The van der Waals surface area contributed by atoms with Crippen molar-refractivity contribution in [3.05, 3.63) is 105 Å². The van der Waals surface area contributed by atoms with Gasteiger partial charge in [0.1, 0.15) is 0 Å². The van der Waals surface area contributed by atoms with Crippen LogP contribution in [0.25, 0.3) is 0 Å². The fraction of sp³-hybridized carbons (Fsp3) is 0.0870. The van der Waals surface area contributed by atoms with Gasteiger partial charge in [-0.25, -0.2) is 4.79 Å². The Kier molecular flexibility index (Phi) is 6.51. The molecule has 0 aliphatic rings. The van der Waals surface area contributed by atoms with Gasteiger partial charge in [-0.3, -0.25) is 19.7 Å². The second-order valence-electron chi connectivity index (χ2n) is 6.66. The minimum atomic E-state index is -0.726. The first kappa shape index (κ1) is 21.4. The topological polar surface area (TPSA) is 116 Å². The van der Waals surface area contributed by atoms with Gasteiger partial charge >= 0.3 is 5.97 Å². The third-order valence-electron chi connectivity index (χ3n) is 4.48. The molecule has 0 atom stereocenters. The zero-order valence-electron chi connectivity index (χ0n) is 16.5. The molecular weight excluding hydrogens is 400 g/mol. The molecule has 3 rings (SSSR count).